The fraction of sp³-hybridized carbons (Fsp3) is 0.357. The minimum atomic E-state index is 0.739. The third-order valence-corrected chi connectivity index (χ3v) is 3.50. The standard InChI is InChI=1S/C14H19N3S/c1-4-16(5-2)12-6-8-13(9-7-12)17-11(3)10-15-14(17)18/h6-10H,4-5H2,1-3H3,(H,15,18). The maximum atomic E-state index is 5.28. The summed E-state index contributed by atoms with van der Waals surface area (Å²) in [7, 11) is 0. The van der Waals surface area contributed by atoms with Crippen LogP contribution >= 0.6 is 12.2 Å². The fourth-order valence-corrected chi connectivity index (χ4v) is 2.49. The van der Waals surface area contributed by atoms with Crippen molar-refractivity contribution in [2.24, 2.45) is 0 Å². The lowest BCUT2D eigenvalue weighted by Crippen LogP contribution is -2.21. The van der Waals surface area contributed by atoms with Crippen LogP contribution in [0.5, 0.6) is 0 Å². The van der Waals surface area contributed by atoms with Gasteiger partial charge in [-0.15, -0.1) is 0 Å². The Morgan fingerprint density at radius 2 is 1.78 bits per heavy atom. The van der Waals surface area contributed by atoms with Gasteiger partial charge < -0.3 is 9.88 Å². The van der Waals surface area contributed by atoms with Gasteiger partial charge in [0, 0.05) is 36.4 Å². The second kappa shape index (κ2) is 5.40. The van der Waals surface area contributed by atoms with E-state index in [2.05, 4.69) is 48.0 Å². The predicted molar refractivity (Wildman–Crippen MR) is 79.3 cm³/mol. The lowest BCUT2D eigenvalue weighted by molar-refractivity contribution is 0.865. The van der Waals surface area contributed by atoms with E-state index < -0.39 is 0 Å². The topological polar surface area (TPSA) is 24.0 Å². The normalized spacial score (nSPS) is 10.6. The van der Waals surface area contributed by atoms with Gasteiger partial charge in [0.25, 0.3) is 0 Å². The van der Waals surface area contributed by atoms with Crippen LogP contribution in [0.2, 0.25) is 0 Å². The van der Waals surface area contributed by atoms with E-state index in [1.54, 1.807) is 0 Å². The van der Waals surface area contributed by atoms with Crippen molar-refractivity contribution in [2.45, 2.75) is 20.8 Å². The molecule has 0 aliphatic rings. The number of anilines is 1. The largest absolute Gasteiger partial charge is 0.372 e. The maximum absolute atomic E-state index is 5.28. The van der Waals surface area contributed by atoms with Crippen molar-refractivity contribution in [3.63, 3.8) is 0 Å². The minimum absolute atomic E-state index is 0.739. The highest BCUT2D eigenvalue weighted by Gasteiger charge is 2.04. The smallest absolute Gasteiger partial charge is 0.182 e. The van der Waals surface area contributed by atoms with Crippen LogP contribution in [0.15, 0.2) is 30.5 Å². The quantitative estimate of drug-likeness (QED) is 0.849. The van der Waals surface area contributed by atoms with Gasteiger partial charge in [-0.1, -0.05) is 0 Å². The molecule has 0 radical (unpaired) electrons. The van der Waals surface area contributed by atoms with Crippen molar-refractivity contribution in [3.05, 3.63) is 40.9 Å². The zero-order chi connectivity index (χ0) is 13.1. The molecular weight excluding hydrogens is 242 g/mol. The SMILES string of the molecule is CCN(CC)c1ccc(-n2c(C)c[nH]c2=S)cc1. The van der Waals surface area contributed by atoms with E-state index in [-0.39, 0.29) is 0 Å². The van der Waals surface area contributed by atoms with Crippen LogP contribution < -0.4 is 4.90 Å². The number of hydrogen-bond donors (Lipinski definition) is 1. The van der Waals surface area contributed by atoms with E-state index in [0.717, 1.165) is 29.2 Å². The molecule has 2 aromatic rings. The van der Waals surface area contributed by atoms with Crippen LogP contribution in [0.25, 0.3) is 5.69 Å². The van der Waals surface area contributed by atoms with Gasteiger partial charge in [0.05, 0.1) is 0 Å². The van der Waals surface area contributed by atoms with Gasteiger partial charge in [0.1, 0.15) is 0 Å². The first kappa shape index (κ1) is 12.9. The second-order valence-corrected chi connectivity index (χ2v) is 4.65. The summed E-state index contributed by atoms with van der Waals surface area (Å²) < 4.78 is 2.78. The molecular formula is C14H19N3S. The molecule has 0 unspecified atom stereocenters. The molecule has 18 heavy (non-hydrogen) atoms. The van der Waals surface area contributed by atoms with Gasteiger partial charge in [-0.25, -0.2) is 0 Å². The Bertz CT molecular complexity index is 561. The van der Waals surface area contributed by atoms with Crippen molar-refractivity contribution in [1.29, 1.82) is 0 Å². The first-order chi connectivity index (χ1) is 8.67. The third-order valence-electron chi connectivity index (χ3n) is 3.20. The summed E-state index contributed by atoms with van der Waals surface area (Å²) in [5, 5.41) is 0. The Labute approximate surface area is 113 Å². The highest BCUT2D eigenvalue weighted by molar-refractivity contribution is 7.71. The third kappa shape index (κ3) is 2.34. The Morgan fingerprint density at radius 3 is 2.22 bits per heavy atom. The Morgan fingerprint density at radius 1 is 1.17 bits per heavy atom. The maximum Gasteiger partial charge on any atom is 0.182 e. The molecule has 1 heterocycles. The molecule has 1 N–H and O–H groups in total. The van der Waals surface area contributed by atoms with Gasteiger partial charge in [-0.05, 0) is 57.3 Å². The van der Waals surface area contributed by atoms with Crippen LogP contribution in [0.1, 0.15) is 19.5 Å². The van der Waals surface area contributed by atoms with Crippen molar-refractivity contribution < 1.29 is 0 Å². The van der Waals surface area contributed by atoms with E-state index in [0.29, 0.717) is 0 Å². The average molecular weight is 261 g/mol. The number of hydrogen-bond acceptors (Lipinski definition) is 2. The molecule has 0 saturated heterocycles. The lowest BCUT2D eigenvalue weighted by Gasteiger charge is -2.21. The molecule has 0 amide bonds. The summed E-state index contributed by atoms with van der Waals surface area (Å²) in [4.78, 5) is 5.39. The molecule has 3 nitrogen and oxygen atoms in total. The van der Waals surface area contributed by atoms with Gasteiger partial charge in [0.2, 0.25) is 0 Å². The van der Waals surface area contributed by atoms with Gasteiger partial charge in [-0.3, -0.25) is 4.57 Å². The zero-order valence-corrected chi connectivity index (χ0v) is 11.9. The highest BCUT2D eigenvalue weighted by atomic mass is 32.1. The van der Waals surface area contributed by atoms with Gasteiger partial charge in [0.15, 0.2) is 4.77 Å². The number of imidazole rings is 1. The number of aromatic nitrogens is 2. The lowest BCUT2D eigenvalue weighted by atomic mass is 10.2. The van der Waals surface area contributed by atoms with Crippen LogP contribution in [0.4, 0.5) is 5.69 Å². The summed E-state index contributed by atoms with van der Waals surface area (Å²) in [6.45, 7) is 8.44. The van der Waals surface area contributed by atoms with Crippen LogP contribution in [-0.4, -0.2) is 22.6 Å². The summed E-state index contributed by atoms with van der Waals surface area (Å²) in [6.07, 6.45) is 1.93. The molecule has 0 atom stereocenters. The van der Waals surface area contributed by atoms with E-state index in [9.17, 15) is 0 Å². The Balaban J connectivity index is 2.36. The molecule has 2 rings (SSSR count). The summed E-state index contributed by atoms with van der Waals surface area (Å²) in [6, 6.07) is 8.53. The van der Waals surface area contributed by atoms with E-state index >= 15 is 0 Å². The fourth-order valence-electron chi connectivity index (χ4n) is 2.18. The number of H-pyrrole nitrogens is 1. The first-order valence-electron chi connectivity index (χ1n) is 6.29. The number of nitrogens with one attached hydrogen (secondary N) is 1. The summed E-state index contributed by atoms with van der Waals surface area (Å²) >= 11 is 5.28. The van der Waals surface area contributed by atoms with Crippen molar-refractivity contribution in [2.75, 3.05) is 18.0 Å². The molecule has 0 spiro atoms. The van der Waals surface area contributed by atoms with Crippen LogP contribution in [-0.2, 0) is 0 Å². The van der Waals surface area contributed by atoms with Crippen LogP contribution in [0, 0.1) is 11.7 Å². The molecule has 0 aliphatic heterocycles. The monoisotopic (exact) mass is 261 g/mol. The van der Waals surface area contributed by atoms with Gasteiger partial charge >= 0.3 is 0 Å². The molecule has 0 aliphatic carbocycles. The molecule has 0 fully saturated rings. The van der Waals surface area contributed by atoms with E-state index in [4.69, 9.17) is 12.2 Å². The average Bonchev–Trinajstić information content (AvgIpc) is 2.72. The minimum Gasteiger partial charge on any atom is -0.372 e. The zero-order valence-electron chi connectivity index (χ0n) is 11.1. The number of aromatic amines is 1. The number of aryl methyl sites for hydroxylation is 1. The first-order valence-corrected chi connectivity index (χ1v) is 6.70. The molecule has 0 bridgehead atoms. The molecule has 0 saturated carbocycles. The van der Waals surface area contributed by atoms with Crippen molar-refractivity contribution in [1.82, 2.24) is 9.55 Å². The molecule has 1 aromatic heterocycles. The number of benzene rings is 1. The van der Waals surface area contributed by atoms with E-state index in [1.165, 1.54) is 5.69 Å². The highest BCUT2D eigenvalue weighted by Crippen LogP contribution is 2.18. The van der Waals surface area contributed by atoms with Crippen molar-refractivity contribution in [3.8, 4) is 5.69 Å². The molecule has 96 valence electrons. The van der Waals surface area contributed by atoms with Gasteiger partial charge in [-0.2, -0.15) is 0 Å². The van der Waals surface area contributed by atoms with E-state index in [1.807, 2.05) is 17.7 Å². The Hall–Kier alpha value is -1.55. The van der Waals surface area contributed by atoms with Crippen LogP contribution in [0.3, 0.4) is 0 Å². The Kier molecular flexibility index (Phi) is 3.87. The van der Waals surface area contributed by atoms with Crippen molar-refractivity contribution >= 4 is 17.9 Å². The predicted octanol–water partition coefficient (Wildman–Crippen LogP) is 3.69. The number of nitrogens with zero attached hydrogens (tertiary/aromatic N) is 2. The summed E-state index contributed by atoms with van der Waals surface area (Å²) in [5.41, 5.74) is 3.48. The summed E-state index contributed by atoms with van der Waals surface area (Å²) in [5.74, 6) is 0. The molecule has 1 aromatic carbocycles. The molecule has 4 heteroatoms. The number of rotatable bonds is 4. The second-order valence-electron chi connectivity index (χ2n) is 4.26.